The first-order valence-electron chi connectivity index (χ1n) is 5.72. The predicted octanol–water partition coefficient (Wildman–Crippen LogP) is 2.55. The van der Waals surface area contributed by atoms with Gasteiger partial charge in [0, 0.05) is 24.5 Å². The number of rotatable bonds is 2. The molecular formula is C13H15N3S. The summed E-state index contributed by atoms with van der Waals surface area (Å²) in [6.45, 7) is 5.02. The molecule has 0 radical (unpaired) electrons. The van der Waals surface area contributed by atoms with Crippen molar-refractivity contribution in [2.75, 3.05) is 5.73 Å². The van der Waals surface area contributed by atoms with E-state index in [0.29, 0.717) is 5.13 Å². The van der Waals surface area contributed by atoms with Gasteiger partial charge in [0.1, 0.15) is 0 Å². The lowest BCUT2D eigenvalue weighted by atomic mass is 10.1. The summed E-state index contributed by atoms with van der Waals surface area (Å²) in [6, 6.07) is 8.72. The van der Waals surface area contributed by atoms with Gasteiger partial charge in [0.2, 0.25) is 0 Å². The van der Waals surface area contributed by atoms with Crippen molar-refractivity contribution in [2.24, 2.45) is 0 Å². The summed E-state index contributed by atoms with van der Waals surface area (Å²) >= 11 is 1.62. The van der Waals surface area contributed by atoms with Crippen LogP contribution in [0, 0.1) is 6.92 Å². The van der Waals surface area contributed by atoms with Crippen LogP contribution < -0.4 is 5.73 Å². The van der Waals surface area contributed by atoms with Crippen molar-refractivity contribution >= 4 is 16.5 Å². The Balaban J connectivity index is 1.69. The number of nitrogens with two attached hydrogens (primary N) is 1. The molecule has 1 aliphatic rings. The lowest BCUT2D eigenvalue weighted by Gasteiger charge is -2.14. The highest BCUT2D eigenvalue weighted by molar-refractivity contribution is 7.15. The first-order valence-corrected chi connectivity index (χ1v) is 6.54. The van der Waals surface area contributed by atoms with Gasteiger partial charge in [0.05, 0.1) is 5.69 Å². The number of hydrogen-bond acceptors (Lipinski definition) is 4. The summed E-state index contributed by atoms with van der Waals surface area (Å²) in [5, 5.41) is 0.699. The van der Waals surface area contributed by atoms with Gasteiger partial charge >= 0.3 is 0 Å². The Bertz CT molecular complexity index is 507. The molecule has 1 aromatic carbocycles. The number of anilines is 1. The summed E-state index contributed by atoms with van der Waals surface area (Å²) in [5.41, 5.74) is 9.53. The Labute approximate surface area is 105 Å². The van der Waals surface area contributed by atoms with Crippen LogP contribution in [0.4, 0.5) is 5.13 Å². The Morgan fingerprint density at radius 2 is 2.06 bits per heavy atom. The van der Waals surface area contributed by atoms with Gasteiger partial charge in [-0.3, -0.25) is 4.90 Å². The molecule has 4 heteroatoms. The van der Waals surface area contributed by atoms with Crippen LogP contribution in [0.15, 0.2) is 24.3 Å². The lowest BCUT2D eigenvalue weighted by molar-refractivity contribution is 0.275. The monoisotopic (exact) mass is 245 g/mol. The van der Waals surface area contributed by atoms with Gasteiger partial charge in [-0.05, 0) is 12.5 Å². The van der Waals surface area contributed by atoms with Crippen LogP contribution in [-0.4, -0.2) is 9.88 Å². The van der Waals surface area contributed by atoms with Crippen molar-refractivity contribution in [2.45, 2.75) is 26.6 Å². The Morgan fingerprint density at radius 3 is 2.76 bits per heavy atom. The molecular weight excluding hydrogens is 230 g/mol. The van der Waals surface area contributed by atoms with Gasteiger partial charge in [0.15, 0.2) is 5.13 Å². The molecule has 2 aromatic rings. The highest BCUT2D eigenvalue weighted by Crippen LogP contribution is 2.30. The standard InChI is InChI=1S/C13H15N3S/c1-9-2-4-10(5-3-9)6-16-7-11-12(8-16)17-13(14)15-11/h2-5H,6-8H2,1H3,(H2,14,15). The molecule has 0 bridgehead atoms. The minimum absolute atomic E-state index is 0.699. The molecule has 0 amide bonds. The Morgan fingerprint density at radius 1 is 1.29 bits per heavy atom. The van der Waals surface area contributed by atoms with Gasteiger partial charge < -0.3 is 5.73 Å². The number of benzene rings is 1. The zero-order valence-corrected chi connectivity index (χ0v) is 10.6. The second kappa shape index (κ2) is 4.13. The molecule has 0 atom stereocenters. The fourth-order valence-corrected chi connectivity index (χ4v) is 3.07. The van der Waals surface area contributed by atoms with Crippen LogP contribution in [0.1, 0.15) is 21.7 Å². The summed E-state index contributed by atoms with van der Waals surface area (Å²) in [6.07, 6.45) is 0. The van der Waals surface area contributed by atoms with E-state index in [0.717, 1.165) is 19.6 Å². The molecule has 0 aliphatic carbocycles. The topological polar surface area (TPSA) is 42.2 Å². The van der Waals surface area contributed by atoms with Crippen molar-refractivity contribution in [3.63, 3.8) is 0 Å². The number of fused-ring (bicyclic) bond motifs is 1. The first kappa shape index (κ1) is 10.7. The quantitative estimate of drug-likeness (QED) is 0.884. The van der Waals surface area contributed by atoms with E-state index in [9.17, 15) is 0 Å². The van der Waals surface area contributed by atoms with E-state index in [-0.39, 0.29) is 0 Å². The number of nitrogens with zero attached hydrogens (tertiary/aromatic N) is 2. The van der Waals surface area contributed by atoms with Crippen LogP contribution in [-0.2, 0) is 19.6 Å². The average molecular weight is 245 g/mol. The maximum absolute atomic E-state index is 5.69. The smallest absolute Gasteiger partial charge is 0.180 e. The third-order valence-electron chi connectivity index (χ3n) is 3.06. The zero-order chi connectivity index (χ0) is 11.8. The maximum Gasteiger partial charge on any atom is 0.180 e. The fourth-order valence-electron chi connectivity index (χ4n) is 2.18. The van der Waals surface area contributed by atoms with Crippen LogP contribution >= 0.6 is 11.3 Å². The minimum atomic E-state index is 0.699. The van der Waals surface area contributed by atoms with Crippen molar-refractivity contribution < 1.29 is 0 Å². The van der Waals surface area contributed by atoms with Gasteiger partial charge in [-0.2, -0.15) is 0 Å². The number of hydrogen-bond donors (Lipinski definition) is 1. The molecule has 0 saturated heterocycles. The average Bonchev–Trinajstić information content (AvgIpc) is 2.78. The highest BCUT2D eigenvalue weighted by atomic mass is 32.1. The van der Waals surface area contributed by atoms with Gasteiger partial charge in [-0.15, -0.1) is 11.3 Å². The van der Waals surface area contributed by atoms with Crippen LogP contribution in [0.2, 0.25) is 0 Å². The molecule has 2 N–H and O–H groups in total. The highest BCUT2D eigenvalue weighted by Gasteiger charge is 2.22. The van der Waals surface area contributed by atoms with E-state index in [2.05, 4.69) is 41.1 Å². The minimum Gasteiger partial charge on any atom is -0.375 e. The predicted molar refractivity (Wildman–Crippen MR) is 70.7 cm³/mol. The largest absolute Gasteiger partial charge is 0.375 e. The molecule has 3 nitrogen and oxygen atoms in total. The molecule has 88 valence electrons. The molecule has 2 heterocycles. The van der Waals surface area contributed by atoms with Crippen molar-refractivity contribution in [1.29, 1.82) is 0 Å². The van der Waals surface area contributed by atoms with Gasteiger partial charge in [0.25, 0.3) is 0 Å². The summed E-state index contributed by atoms with van der Waals surface area (Å²) < 4.78 is 0. The van der Waals surface area contributed by atoms with Crippen LogP contribution in [0.5, 0.6) is 0 Å². The van der Waals surface area contributed by atoms with Crippen molar-refractivity contribution in [3.05, 3.63) is 46.0 Å². The molecule has 0 spiro atoms. The number of aryl methyl sites for hydroxylation is 1. The lowest BCUT2D eigenvalue weighted by Crippen LogP contribution is -2.16. The molecule has 0 unspecified atom stereocenters. The molecule has 0 fully saturated rings. The number of thiazole rings is 1. The van der Waals surface area contributed by atoms with E-state index in [1.165, 1.54) is 21.7 Å². The van der Waals surface area contributed by atoms with Crippen molar-refractivity contribution in [3.8, 4) is 0 Å². The van der Waals surface area contributed by atoms with E-state index < -0.39 is 0 Å². The summed E-state index contributed by atoms with van der Waals surface area (Å²) in [4.78, 5) is 8.08. The second-order valence-corrected chi connectivity index (χ2v) is 5.67. The zero-order valence-electron chi connectivity index (χ0n) is 9.81. The molecule has 17 heavy (non-hydrogen) atoms. The molecule has 3 rings (SSSR count). The van der Waals surface area contributed by atoms with Gasteiger partial charge in [-0.1, -0.05) is 29.8 Å². The number of nitrogen functional groups attached to an aromatic ring is 1. The third-order valence-corrected chi connectivity index (χ3v) is 3.97. The molecule has 1 aromatic heterocycles. The molecule has 1 aliphatic heterocycles. The Kier molecular flexibility index (Phi) is 2.61. The normalized spacial score (nSPS) is 15.1. The summed E-state index contributed by atoms with van der Waals surface area (Å²) in [5.74, 6) is 0. The van der Waals surface area contributed by atoms with Crippen molar-refractivity contribution in [1.82, 2.24) is 9.88 Å². The number of aromatic nitrogens is 1. The van der Waals surface area contributed by atoms with E-state index in [4.69, 9.17) is 5.73 Å². The molecule has 0 saturated carbocycles. The Hall–Kier alpha value is -1.39. The van der Waals surface area contributed by atoms with Crippen LogP contribution in [0.25, 0.3) is 0 Å². The SMILES string of the molecule is Cc1ccc(CN2Cc3nc(N)sc3C2)cc1. The van der Waals surface area contributed by atoms with E-state index in [1.54, 1.807) is 11.3 Å². The fraction of sp³-hybridized carbons (Fsp3) is 0.308. The van der Waals surface area contributed by atoms with E-state index >= 15 is 0 Å². The van der Waals surface area contributed by atoms with Crippen LogP contribution in [0.3, 0.4) is 0 Å². The first-order chi connectivity index (χ1) is 8.20. The second-order valence-electron chi connectivity index (χ2n) is 4.55. The maximum atomic E-state index is 5.69. The summed E-state index contributed by atoms with van der Waals surface area (Å²) in [7, 11) is 0. The third kappa shape index (κ3) is 2.18. The van der Waals surface area contributed by atoms with Gasteiger partial charge in [-0.25, -0.2) is 4.98 Å². The van der Waals surface area contributed by atoms with E-state index in [1.807, 2.05) is 0 Å².